The Morgan fingerprint density at radius 3 is 2.45 bits per heavy atom. The second-order valence-corrected chi connectivity index (χ2v) is 7.52. The van der Waals surface area contributed by atoms with Crippen LogP contribution in [0.1, 0.15) is 5.56 Å². The largest absolute Gasteiger partial charge is 0.368 e. The third-order valence-corrected chi connectivity index (χ3v) is 5.35. The van der Waals surface area contributed by atoms with E-state index in [4.69, 9.17) is 11.6 Å². The van der Waals surface area contributed by atoms with Crippen LogP contribution in [-0.2, 0) is 6.54 Å². The highest BCUT2D eigenvalue weighted by molar-refractivity contribution is 6.30. The molecule has 2 heterocycles. The van der Waals surface area contributed by atoms with E-state index in [1.807, 2.05) is 29.2 Å². The Bertz CT molecular complexity index is 1070. The molecule has 1 N–H and O–H groups in total. The van der Waals surface area contributed by atoms with Gasteiger partial charge in [0.05, 0.1) is 4.92 Å². The zero-order valence-electron chi connectivity index (χ0n) is 16.5. The predicted octanol–water partition coefficient (Wildman–Crippen LogP) is 4.12. The second kappa shape index (κ2) is 9.13. The number of nitrogens with one attached hydrogen (secondary N) is 1. The van der Waals surface area contributed by atoms with Crippen LogP contribution in [0.5, 0.6) is 0 Å². The van der Waals surface area contributed by atoms with Crippen molar-refractivity contribution in [1.29, 1.82) is 0 Å². The van der Waals surface area contributed by atoms with Gasteiger partial charge in [0.25, 0.3) is 0 Å². The summed E-state index contributed by atoms with van der Waals surface area (Å²) in [6, 6.07) is 13.5. The van der Waals surface area contributed by atoms with Crippen molar-refractivity contribution in [1.82, 2.24) is 9.97 Å². The molecule has 0 amide bonds. The molecule has 0 saturated carbocycles. The van der Waals surface area contributed by atoms with Crippen LogP contribution >= 0.6 is 11.6 Å². The van der Waals surface area contributed by atoms with Crippen LogP contribution in [0.3, 0.4) is 0 Å². The Balaban J connectivity index is 1.50. The number of benzene rings is 2. The highest BCUT2D eigenvalue weighted by Gasteiger charge is 2.29. The van der Waals surface area contributed by atoms with Crippen molar-refractivity contribution >= 4 is 34.6 Å². The highest BCUT2D eigenvalue weighted by Crippen LogP contribution is 2.33. The molecule has 1 aromatic heterocycles. The van der Waals surface area contributed by atoms with Crippen LogP contribution in [0, 0.1) is 15.9 Å². The molecule has 2 aromatic carbocycles. The molecule has 31 heavy (non-hydrogen) atoms. The lowest BCUT2D eigenvalue weighted by Crippen LogP contribution is -2.47. The summed E-state index contributed by atoms with van der Waals surface area (Å²) >= 11 is 6.09. The quantitative estimate of drug-likeness (QED) is 0.454. The minimum Gasteiger partial charge on any atom is -0.368 e. The molecule has 1 aliphatic rings. The van der Waals surface area contributed by atoms with E-state index < -0.39 is 4.92 Å². The maximum atomic E-state index is 13.1. The molecule has 3 aromatic rings. The third kappa shape index (κ3) is 4.83. The molecule has 160 valence electrons. The summed E-state index contributed by atoms with van der Waals surface area (Å²) in [5.74, 6) is 0.0833. The van der Waals surface area contributed by atoms with E-state index >= 15 is 0 Å². The standard InChI is InChI=1S/C21H20ClFN6O2/c22-16-2-1-3-18(12-16)27-8-10-28(11-9-27)21-19(29(30)31)20(25-14-26-21)24-13-15-4-6-17(23)7-5-15/h1-7,12,14H,8-11,13H2,(H,24,25,26). The average Bonchev–Trinajstić information content (AvgIpc) is 2.78. The molecule has 4 rings (SSSR count). The van der Waals surface area contributed by atoms with Crippen LogP contribution in [0.2, 0.25) is 5.02 Å². The number of anilines is 3. The van der Waals surface area contributed by atoms with Crippen LogP contribution in [0.25, 0.3) is 0 Å². The Morgan fingerprint density at radius 1 is 1.06 bits per heavy atom. The number of nitrogens with zero attached hydrogens (tertiary/aromatic N) is 5. The summed E-state index contributed by atoms with van der Waals surface area (Å²) in [5, 5.41) is 15.5. The molecule has 0 aliphatic carbocycles. The minimum atomic E-state index is -0.467. The molecule has 0 bridgehead atoms. The molecule has 1 saturated heterocycles. The summed E-state index contributed by atoms with van der Waals surface area (Å²) in [6.45, 7) is 2.78. The van der Waals surface area contributed by atoms with Gasteiger partial charge in [-0.25, -0.2) is 14.4 Å². The number of hydrogen-bond acceptors (Lipinski definition) is 7. The van der Waals surface area contributed by atoms with Gasteiger partial charge in [-0.1, -0.05) is 29.8 Å². The maximum absolute atomic E-state index is 13.1. The van der Waals surface area contributed by atoms with Crippen molar-refractivity contribution in [3.8, 4) is 0 Å². The molecular weight excluding hydrogens is 423 g/mol. The Hall–Kier alpha value is -3.46. The first-order valence-electron chi connectivity index (χ1n) is 9.74. The fourth-order valence-electron chi connectivity index (χ4n) is 3.54. The van der Waals surface area contributed by atoms with Gasteiger partial charge in [-0.15, -0.1) is 0 Å². The van der Waals surface area contributed by atoms with Gasteiger partial charge in [-0.3, -0.25) is 10.1 Å². The summed E-state index contributed by atoms with van der Waals surface area (Å²) < 4.78 is 13.1. The molecule has 0 atom stereocenters. The smallest absolute Gasteiger partial charge is 0.353 e. The first-order valence-corrected chi connectivity index (χ1v) is 10.1. The van der Waals surface area contributed by atoms with Crippen molar-refractivity contribution < 1.29 is 9.31 Å². The number of piperazine rings is 1. The molecule has 0 spiro atoms. The SMILES string of the molecule is O=[N+]([O-])c1c(NCc2ccc(F)cc2)ncnc1N1CCN(c2cccc(Cl)c2)CC1. The first kappa shape index (κ1) is 20.8. The maximum Gasteiger partial charge on any atom is 0.353 e. The van der Waals surface area contributed by atoms with Crippen molar-refractivity contribution in [3.63, 3.8) is 0 Å². The fourth-order valence-corrected chi connectivity index (χ4v) is 3.72. The molecule has 10 heteroatoms. The summed E-state index contributed by atoms with van der Waals surface area (Å²) in [4.78, 5) is 23.7. The predicted molar refractivity (Wildman–Crippen MR) is 118 cm³/mol. The van der Waals surface area contributed by atoms with Crippen LogP contribution in [-0.4, -0.2) is 41.1 Å². The van der Waals surface area contributed by atoms with Crippen molar-refractivity contribution in [3.05, 3.63) is 81.4 Å². The van der Waals surface area contributed by atoms with Gasteiger partial charge < -0.3 is 15.1 Å². The highest BCUT2D eigenvalue weighted by atomic mass is 35.5. The van der Waals surface area contributed by atoms with Gasteiger partial charge in [0.2, 0.25) is 11.6 Å². The molecule has 0 unspecified atom stereocenters. The lowest BCUT2D eigenvalue weighted by molar-refractivity contribution is -0.383. The molecule has 8 nitrogen and oxygen atoms in total. The van der Waals surface area contributed by atoms with Gasteiger partial charge in [0.1, 0.15) is 12.1 Å². The van der Waals surface area contributed by atoms with E-state index in [9.17, 15) is 14.5 Å². The van der Waals surface area contributed by atoms with E-state index in [-0.39, 0.29) is 29.7 Å². The number of hydrogen-bond donors (Lipinski definition) is 1. The van der Waals surface area contributed by atoms with Crippen molar-refractivity contribution in [2.24, 2.45) is 0 Å². The molecular formula is C21H20ClFN6O2. The minimum absolute atomic E-state index is 0.136. The van der Waals surface area contributed by atoms with Gasteiger partial charge in [0, 0.05) is 43.4 Å². The van der Waals surface area contributed by atoms with Gasteiger partial charge >= 0.3 is 5.69 Å². The van der Waals surface area contributed by atoms with Crippen LogP contribution in [0.4, 0.5) is 27.4 Å². The average molecular weight is 443 g/mol. The van der Waals surface area contributed by atoms with E-state index in [0.29, 0.717) is 31.2 Å². The molecule has 0 radical (unpaired) electrons. The fraction of sp³-hybridized carbons (Fsp3) is 0.238. The molecule has 1 aliphatic heterocycles. The number of nitro groups is 1. The lowest BCUT2D eigenvalue weighted by atomic mass is 10.2. The third-order valence-electron chi connectivity index (χ3n) is 5.11. The lowest BCUT2D eigenvalue weighted by Gasteiger charge is -2.36. The Labute approximate surface area is 183 Å². The van der Waals surface area contributed by atoms with E-state index in [0.717, 1.165) is 11.3 Å². The van der Waals surface area contributed by atoms with Gasteiger partial charge in [0.15, 0.2) is 0 Å². The van der Waals surface area contributed by atoms with Gasteiger partial charge in [-0.2, -0.15) is 0 Å². The second-order valence-electron chi connectivity index (χ2n) is 7.09. The monoisotopic (exact) mass is 442 g/mol. The zero-order valence-corrected chi connectivity index (χ0v) is 17.3. The van der Waals surface area contributed by atoms with Gasteiger partial charge in [-0.05, 0) is 35.9 Å². The van der Waals surface area contributed by atoms with Crippen LogP contribution < -0.4 is 15.1 Å². The van der Waals surface area contributed by atoms with E-state index in [2.05, 4.69) is 20.2 Å². The Morgan fingerprint density at radius 2 is 1.77 bits per heavy atom. The Kier molecular flexibility index (Phi) is 6.13. The number of aromatic nitrogens is 2. The topological polar surface area (TPSA) is 87.4 Å². The number of halogens is 2. The van der Waals surface area contributed by atoms with Crippen molar-refractivity contribution in [2.75, 3.05) is 41.3 Å². The number of rotatable bonds is 6. The van der Waals surface area contributed by atoms with Crippen molar-refractivity contribution in [2.45, 2.75) is 6.54 Å². The molecule has 1 fully saturated rings. The summed E-state index contributed by atoms with van der Waals surface area (Å²) in [7, 11) is 0. The normalized spacial score (nSPS) is 13.9. The first-order chi connectivity index (χ1) is 15.0. The zero-order chi connectivity index (χ0) is 21.8. The van der Waals surface area contributed by atoms with E-state index in [1.54, 1.807) is 12.1 Å². The van der Waals surface area contributed by atoms with E-state index in [1.165, 1.54) is 18.5 Å². The van der Waals surface area contributed by atoms with Crippen LogP contribution in [0.15, 0.2) is 54.9 Å². The summed E-state index contributed by atoms with van der Waals surface area (Å²) in [5.41, 5.74) is 1.64. The summed E-state index contributed by atoms with van der Waals surface area (Å²) in [6.07, 6.45) is 1.32.